The third-order valence-corrected chi connectivity index (χ3v) is 3.09. The van der Waals surface area contributed by atoms with E-state index in [1.807, 2.05) is 39.0 Å². The lowest BCUT2D eigenvalue weighted by molar-refractivity contribution is -0.160. The molecular formula is C15H21NO2. The normalized spacial score (nSPS) is 23.9. The lowest BCUT2D eigenvalue weighted by Crippen LogP contribution is -2.31. The Morgan fingerprint density at radius 3 is 2.56 bits per heavy atom. The topological polar surface area (TPSA) is 38.3 Å². The van der Waals surface area contributed by atoms with Crippen LogP contribution >= 0.6 is 0 Å². The zero-order chi connectivity index (χ0) is 13.2. The van der Waals surface area contributed by atoms with Gasteiger partial charge in [-0.1, -0.05) is 30.3 Å². The van der Waals surface area contributed by atoms with Crippen molar-refractivity contribution in [3.05, 3.63) is 35.9 Å². The van der Waals surface area contributed by atoms with Gasteiger partial charge in [-0.25, -0.2) is 0 Å². The van der Waals surface area contributed by atoms with E-state index in [1.54, 1.807) is 0 Å². The fraction of sp³-hybridized carbons (Fsp3) is 0.533. The molecule has 1 aliphatic heterocycles. The SMILES string of the molecule is CC(C)(C)OC(=O)[C@H]1CCN[C@@H]1c1ccccc1. The van der Waals surface area contributed by atoms with Gasteiger partial charge in [0.15, 0.2) is 0 Å². The summed E-state index contributed by atoms with van der Waals surface area (Å²) in [5, 5.41) is 3.39. The lowest BCUT2D eigenvalue weighted by atomic mass is 9.94. The minimum Gasteiger partial charge on any atom is -0.460 e. The smallest absolute Gasteiger partial charge is 0.311 e. The first-order chi connectivity index (χ1) is 8.47. The molecule has 1 heterocycles. The second-order valence-corrected chi connectivity index (χ2v) is 5.77. The van der Waals surface area contributed by atoms with Gasteiger partial charge in [-0.05, 0) is 39.3 Å². The number of carbonyl (C=O) groups excluding carboxylic acids is 1. The zero-order valence-corrected chi connectivity index (χ0v) is 11.3. The molecule has 1 saturated heterocycles. The number of hydrogen-bond acceptors (Lipinski definition) is 3. The van der Waals surface area contributed by atoms with Crippen LogP contribution in [0.3, 0.4) is 0 Å². The summed E-state index contributed by atoms with van der Waals surface area (Å²) in [5.74, 6) is -0.173. The minimum atomic E-state index is -0.416. The van der Waals surface area contributed by atoms with Crippen LogP contribution < -0.4 is 5.32 Å². The molecule has 3 heteroatoms. The van der Waals surface area contributed by atoms with Crippen LogP contribution in [0.2, 0.25) is 0 Å². The van der Waals surface area contributed by atoms with Gasteiger partial charge in [0, 0.05) is 6.04 Å². The molecule has 1 aliphatic rings. The van der Waals surface area contributed by atoms with Crippen molar-refractivity contribution in [2.24, 2.45) is 5.92 Å². The van der Waals surface area contributed by atoms with Gasteiger partial charge in [-0.3, -0.25) is 4.79 Å². The van der Waals surface area contributed by atoms with Gasteiger partial charge in [0.2, 0.25) is 0 Å². The van der Waals surface area contributed by atoms with E-state index >= 15 is 0 Å². The molecule has 98 valence electrons. The van der Waals surface area contributed by atoms with Gasteiger partial charge in [0.1, 0.15) is 5.60 Å². The first-order valence-electron chi connectivity index (χ1n) is 6.48. The maximum atomic E-state index is 12.2. The number of rotatable bonds is 2. The second kappa shape index (κ2) is 5.11. The first kappa shape index (κ1) is 13.1. The van der Waals surface area contributed by atoms with E-state index in [0.29, 0.717) is 0 Å². The highest BCUT2D eigenvalue weighted by atomic mass is 16.6. The number of hydrogen-bond donors (Lipinski definition) is 1. The Morgan fingerprint density at radius 2 is 1.94 bits per heavy atom. The molecule has 0 spiro atoms. The molecule has 2 atom stereocenters. The first-order valence-corrected chi connectivity index (χ1v) is 6.48. The summed E-state index contributed by atoms with van der Waals surface area (Å²) >= 11 is 0. The Balaban J connectivity index is 2.11. The molecule has 0 bridgehead atoms. The molecule has 1 N–H and O–H groups in total. The molecule has 18 heavy (non-hydrogen) atoms. The van der Waals surface area contributed by atoms with E-state index in [4.69, 9.17) is 4.74 Å². The predicted molar refractivity (Wildman–Crippen MR) is 71.1 cm³/mol. The number of benzene rings is 1. The predicted octanol–water partition coefficient (Wildman–Crippen LogP) is 2.68. The highest BCUT2D eigenvalue weighted by Gasteiger charge is 2.36. The van der Waals surface area contributed by atoms with E-state index in [2.05, 4.69) is 17.4 Å². The molecule has 0 amide bonds. The molecule has 3 nitrogen and oxygen atoms in total. The lowest BCUT2D eigenvalue weighted by Gasteiger charge is -2.25. The van der Waals surface area contributed by atoms with Crippen LogP contribution in [-0.4, -0.2) is 18.1 Å². The van der Waals surface area contributed by atoms with Gasteiger partial charge in [-0.15, -0.1) is 0 Å². The van der Waals surface area contributed by atoms with Gasteiger partial charge >= 0.3 is 5.97 Å². The van der Waals surface area contributed by atoms with Crippen LogP contribution in [0, 0.1) is 5.92 Å². The molecular weight excluding hydrogens is 226 g/mol. The van der Waals surface area contributed by atoms with Gasteiger partial charge in [0.05, 0.1) is 5.92 Å². The summed E-state index contributed by atoms with van der Waals surface area (Å²) in [6.07, 6.45) is 0.842. The molecule has 1 aromatic carbocycles. The summed E-state index contributed by atoms with van der Waals surface area (Å²) in [5.41, 5.74) is 0.742. The van der Waals surface area contributed by atoms with Gasteiger partial charge < -0.3 is 10.1 Å². The maximum Gasteiger partial charge on any atom is 0.311 e. The summed E-state index contributed by atoms with van der Waals surface area (Å²) in [6.45, 7) is 6.59. The van der Waals surface area contributed by atoms with Gasteiger partial charge in [0.25, 0.3) is 0 Å². The average molecular weight is 247 g/mol. The molecule has 0 radical (unpaired) electrons. The van der Waals surface area contributed by atoms with Crippen molar-refractivity contribution >= 4 is 5.97 Å². The van der Waals surface area contributed by atoms with Crippen LogP contribution in [0.1, 0.15) is 38.8 Å². The number of ether oxygens (including phenoxy) is 1. The Labute approximate surface area is 109 Å². The van der Waals surface area contributed by atoms with Crippen LogP contribution in [-0.2, 0) is 9.53 Å². The summed E-state index contributed by atoms with van der Waals surface area (Å²) < 4.78 is 5.49. The molecule has 2 rings (SSSR count). The third-order valence-electron chi connectivity index (χ3n) is 3.09. The van der Waals surface area contributed by atoms with E-state index in [-0.39, 0.29) is 17.9 Å². The Bertz CT molecular complexity index is 408. The quantitative estimate of drug-likeness (QED) is 0.817. The molecule has 0 aromatic heterocycles. The molecule has 0 aliphatic carbocycles. The minimum absolute atomic E-state index is 0.0772. The van der Waals surface area contributed by atoms with Crippen molar-refractivity contribution in [2.45, 2.75) is 38.8 Å². The second-order valence-electron chi connectivity index (χ2n) is 5.77. The monoisotopic (exact) mass is 247 g/mol. The van der Waals surface area contributed by atoms with E-state index < -0.39 is 5.60 Å². The third kappa shape index (κ3) is 3.10. The van der Waals surface area contributed by atoms with Crippen molar-refractivity contribution in [2.75, 3.05) is 6.54 Å². The van der Waals surface area contributed by atoms with Crippen molar-refractivity contribution in [1.29, 1.82) is 0 Å². The fourth-order valence-electron chi connectivity index (χ4n) is 2.35. The van der Waals surface area contributed by atoms with E-state index in [0.717, 1.165) is 18.5 Å². The van der Waals surface area contributed by atoms with Crippen LogP contribution in [0.4, 0.5) is 0 Å². The number of nitrogens with one attached hydrogen (secondary N) is 1. The van der Waals surface area contributed by atoms with Crippen molar-refractivity contribution in [3.8, 4) is 0 Å². The van der Waals surface area contributed by atoms with Crippen molar-refractivity contribution in [1.82, 2.24) is 5.32 Å². The highest BCUT2D eigenvalue weighted by molar-refractivity contribution is 5.74. The van der Waals surface area contributed by atoms with Crippen molar-refractivity contribution in [3.63, 3.8) is 0 Å². The standard InChI is InChI=1S/C15H21NO2/c1-15(2,3)18-14(17)12-9-10-16-13(12)11-7-5-4-6-8-11/h4-8,12-13,16H,9-10H2,1-3H3/t12-,13+/m0/s1. The van der Waals surface area contributed by atoms with Crippen LogP contribution in [0.15, 0.2) is 30.3 Å². The average Bonchev–Trinajstić information content (AvgIpc) is 2.76. The number of esters is 1. The van der Waals surface area contributed by atoms with E-state index in [1.165, 1.54) is 0 Å². The Hall–Kier alpha value is -1.35. The molecule has 0 saturated carbocycles. The summed E-state index contributed by atoms with van der Waals surface area (Å²) in [4.78, 5) is 12.2. The number of carbonyl (C=O) groups is 1. The fourth-order valence-corrected chi connectivity index (χ4v) is 2.35. The zero-order valence-electron chi connectivity index (χ0n) is 11.3. The molecule has 1 aromatic rings. The van der Waals surface area contributed by atoms with Gasteiger partial charge in [-0.2, -0.15) is 0 Å². The van der Waals surface area contributed by atoms with Crippen molar-refractivity contribution < 1.29 is 9.53 Å². The van der Waals surface area contributed by atoms with Crippen LogP contribution in [0.5, 0.6) is 0 Å². The molecule has 0 unspecified atom stereocenters. The maximum absolute atomic E-state index is 12.2. The largest absolute Gasteiger partial charge is 0.460 e. The summed E-state index contributed by atoms with van der Waals surface area (Å²) in [6, 6.07) is 10.2. The Morgan fingerprint density at radius 1 is 1.28 bits per heavy atom. The summed E-state index contributed by atoms with van der Waals surface area (Å²) in [7, 11) is 0. The van der Waals surface area contributed by atoms with E-state index in [9.17, 15) is 4.79 Å². The molecule has 1 fully saturated rings. The highest BCUT2D eigenvalue weighted by Crippen LogP contribution is 2.31. The Kier molecular flexibility index (Phi) is 3.71. The van der Waals surface area contributed by atoms with Crippen LogP contribution in [0.25, 0.3) is 0 Å².